The second kappa shape index (κ2) is 7.64. The van der Waals surface area contributed by atoms with Gasteiger partial charge in [0.15, 0.2) is 0 Å². The van der Waals surface area contributed by atoms with Crippen molar-refractivity contribution in [2.24, 2.45) is 0 Å². The van der Waals surface area contributed by atoms with E-state index in [0.717, 1.165) is 43.5 Å². The highest BCUT2D eigenvalue weighted by atomic mass is 16.7. The Labute approximate surface area is 157 Å². The van der Waals surface area contributed by atoms with E-state index in [4.69, 9.17) is 19.3 Å². The van der Waals surface area contributed by atoms with Gasteiger partial charge in [0.1, 0.15) is 12.4 Å². The van der Waals surface area contributed by atoms with Crippen LogP contribution < -0.4 is 10.2 Å². The van der Waals surface area contributed by atoms with Crippen molar-refractivity contribution in [1.29, 1.82) is 5.26 Å². The number of benzene rings is 1. The number of rotatable bonds is 5. The van der Waals surface area contributed by atoms with Crippen LogP contribution in [0, 0.1) is 11.2 Å². The Morgan fingerprint density at radius 3 is 2.19 bits per heavy atom. The SMILES string of the molecule is CC1(C)OB(c2ccc(OCCN3CCB(C#N)CC3)cc2)OC1(C)C. The lowest BCUT2D eigenvalue weighted by Crippen LogP contribution is -2.41. The Morgan fingerprint density at radius 2 is 1.65 bits per heavy atom. The number of nitrogens with zero attached hydrogens (tertiary/aromatic N) is 2. The topological polar surface area (TPSA) is 54.7 Å². The third kappa shape index (κ3) is 4.25. The molecule has 2 saturated heterocycles. The zero-order valence-electron chi connectivity index (χ0n) is 16.3. The highest BCUT2D eigenvalue weighted by Gasteiger charge is 2.51. The molecule has 2 aliphatic heterocycles. The van der Waals surface area contributed by atoms with Gasteiger partial charge >= 0.3 is 7.12 Å². The summed E-state index contributed by atoms with van der Waals surface area (Å²) in [5.74, 6) is 3.22. The Kier molecular flexibility index (Phi) is 5.67. The average Bonchev–Trinajstić information content (AvgIpc) is 2.84. The van der Waals surface area contributed by atoms with Gasteiger partial charge < -0.3 is 18.9 Å². The summed E-state index contributed by atoms with van der Waals surface area (Å²) < 4.78 is 18.0. The van der Waals surface area contributed by atoms with Crippen molar-refractivity contribution in [3.8, 4) is 11.7 Å². The molecule has 0 amide bonds. The molecule has 0 bridgehead atoms. The zero-order chi connectivity index (χ0) is 18.8. The maximum Gasteiger partial charge on any atom is 0.494 e. The van der Waals surface area contributed by atoms with Gasteiger partial charge in [-0.25, -0.2) is 5.26 Å². The van der Waals surface area contributed by atoms with E-state index in [1.165, 1.54) is 0 Å². The van der Waals surface area contributed by atoms with E-state index in [9.17, 15) is 0 Å². The van der Waals surface area contributed by atoms with E-state index in [1.54, 1.807) is 0 Å². The van der Waals surface area contributed by atoms with Crippen LogP contribution in [0.1, 0.15) is 27.7 Å². The van der Waals surface area contributed by atoms with E-state index >= 15 is 0 Å². The van der Waals surface area contributed by atoms with Crippen LogP contribution in [0.2, 0.25) is 12.6 Å². The van der Waals surface area contributed by atoms with Crippen molar-refractivity contribution in [3.63, 3.8) is 0 Å². The second-order valence-corrected chi connectivity index (χ2v) is 8.25. The number of nitriles is 1. The van der Waals surface area contributed by atoms with Crippen molar-refractivity contribution in [2.75, 3.05) is 26.2 Å². The molecule has 26 heavy (non-hydrogen) atoms. The molecule has 0 unspecified atom stereocenters. The molecule has 5 nitrogen and oxygen atoms in total. The summed E-state index contributed by atoms with van der Waals surface area (Å²) in [5.41, 5.74) is 0.354. The van der Waals surface area contributed by atoms with Crippen molar-refractivity contribution in [1.82, 2.24) is 4.90 Å². The Morgan fingerprint density at radius 1 is 1.08 bits per heavy atom. The summed E-state index contributed by atoms with van der Waals surface area (Å²) in [4.78, 5) is 2.37. The largest absolute Gasteiger partial charge is 0.494 e. The second-order valence-electron chi connectivity index (χ2n) is 8.25. The lowest BCUT2D eigenvalue weighted by atomic mass is 9.45. The first kappa shape index (κ1) is 19.3. The van der Waals surface area contributed by atoms with E-state index in [1.807, 2.05) is 24.3 Å². The third-order valence-corrected chi connectivity index (χ3v) is 5.85. The molecule has 2 fully saturated rings. The molecule has 0 aromatic heterocycles. The third-order valence-electron chi connectivity index (χ3n) is 5.85. The Hall–Kier alpha value is -1.48. The summed E-state index contributed by atoms with van der Waals surface area (Å²) in [7, 11) is -0.338. The van der Waals surface area contributed by atoms with Crippen LogP contribution in [0.25, 0.3) is 0 Å². The minimum atomic E-state index is -0.338. The van der Waals surface area contributed by atoms with Gasteiger partial charge in [-0.05, 0) is 71.0 Å². The maximum atomic E-state index is 8.95. The molecule has 1 aromatic carbocycles. The predicted octanol–water partition coefficient (Wildman–Crippen LogP) is 2.24. The van der Waals surface area contributed by atoms with Gasteiger partial charge in [-0.15, -0.1) is 0 Å². The van der Waals surface area contributed by atoms with Crippen LogP contribution in [-0.4, -0.2) is 56.2 Å². The number of hydrogen-bond acceptors (Lipinski definition) is 5. The van der Waals surface area contributed by atoms with Crippen LogP contribution in [0.4, 0.5) is 0 Å². The van der Waals surface area contributed by atoms with Crippen molar-refractivity contribution < 1.29 is 14.0 Å². The summed E-state index contributed by atoms with van der Waals surface area (Å²) >= 11 is 0. The van der Waals surface area contributed by atoms with Gasteiger partial charge in [0.25, 0.3) is 6.71 Å². The van der Waals surface area contributed by atoms with Crippen molar-refractivity contribution >= 4 is 19.3 Å². The van der Waals surface area contributed by atoms with E-state index in [-0.39, 0.29) is 25.0 Å². The molecular formula is C19H28B2N2O3. The standard InChI is InChI=1S/C19H28B2N2O3/c1-18(2)19(3,4)26-21(25-18)16-5-7-17(8-6-16)24-14-13-23-11-9-20(15-22)10-12-23/h5-8H,9-14H2,1-4H3. The van der Waals surface area contributed by atoms with Crippen molar-refractivity contribution in [3.05, 3.63) is 24.3 Å². The number of ether oxygens (including phenoxy) is 1. The van der Waals surface area contributed by atoms with Gasteiger partial charge in [0.2, 0.25) is 0 Å². The normalized spacial score (nSPS) is 22.3. The molecule has 0 saturated carbocycles. The molecule has 2 aliphatic rings. The van der Waals surface area contributed by atoms with Crippen LogP contribution in [0.3, 0.4) is 0 Å². The van der Waals surface area contributed by atoms with Gasteiger partial charge in [-0.1, -0.05) is 12.1 Å². The number of hydrogen-bond donors (Lipinski definition) is 0. The fourth-order valence-electron chi connectivity index (χ4n) is 3.28. The van der Waals surface area contributed by atoms with Gasteiger partial charge in [-0.2, -0.15) is 0 Å². The fourth-order valence-corrected chi connectivity index (χ4v) is 3.28. The first-order valence-corrected chi connectivity index (χ1v) is 9.51. The smallest absolute Gasteiger partial charge is 0.492 e. The molecule has 7 heteroatoms. The van der Waals surface area contributed by atoms with E-state index in [0.29, 0.717) is 6.61 Å². The van der Waals surface area contributed by atoms with Crippen LogP contribution in [0.5, 0.6) is 5.75 Å². The molecule has 0 spiro atoms. The monoisotopic (exact) mass is 354 g/mol. The van der Waals surface area contributed by atoms with Gasteiger partial charge in [-0.3, -0.25) is 0 Å². The molecule has 0 aliphatic carbocycles. The molecule has 2 heterocycles. The molecular weight excluding hydrogens is 326 g/mol. The average molecular weight is 354 g/mol. The van der Waals surface area contributed by atoms with Crippen LogP contribution >= 0.6 is 0 Å². The molecule has 3 rings (SSSR count). The summed E-state index contributed by atoms with van der Waals surface area (Å²) in [5, 5.41) is 8.95. The maximum absolute atomic E-state index is 8.95. The summed E-state index contributed by atoms with van der Waals surface area (Å²) in [6.45, 7) is 12.0. The minimum absolute atomic E-state index is 0.231. The highest BCUT2D eigenvalue weighted by molar-refractivity contribution is 6.67. The fraction of sp³-hybridized carbons (Fsp3) is 0.632. The molecule has 0 atom stereocenters. The van der Waals surface area contributed by atoms with E-state index < -0.39 is 0 Å². The van der Waals surface area contributed by atoms with Gasteiger partial charge in [0, 0.05) is 12.5 Å². The zero-order valence-corrected chi connectivity index (χ0v) is 16.3. The van der Waals surface area contributed by atoms with E-state index in [2.05, 4.69) is 38.6 Å². The van der Waals surface area contributed by atoms with Crippen LogP contribution in [0.15, 0.2) is 24.3 Å². The van der Waals surface area contributed by atoms with Crippen LogP contribution in [-0.2, 0) is 9.31 Å². The Balaban J connectivity index is 1.46. The lowest BCUT2D eigenvalue weighted by molar-refractivity contribution is 0.00578. The van der Waals surface area contributed by atoms with Gasteiger partial charge in [0.05, 0.1) is 11.2 Å². The molecule has 0 N–H and O–H groups in total. The molecule has 0 radical (unpaired) electrons. The minimum Gasteiger partial charge on any atom is -0.492 e. The molecule has 138 valence electrons. The summed E-state index contributed by atoms with van der Waals surface area (Å²) in [6.07, 6.45) is 1.94. The first-order chi connectivity index (χ1) is 12.3. The molecule has 1 aromatic rings. The van der Waals surface area contributed by atoms with Crippen molar-refractivity contribution in [2.45, 2.75) is 51.5 Å². The Bertz CT molecular complexity index is 634. The lowest BCUT2D eigenvalue weighted by Gasteiger charge is -2.32. The summed E-state index contributed by atoms with van der Waals surface area (Å²) in [6, 6.07) is 7.97. The highest BCUT2D eigenvalue weighted by Crippen LogP contribution is 2.36. The first-order valence-electron chi connectivity index (χ1n) is 9.51. The predicted molar refractivity (Wildman–Crippen MR) is 105 cm³/mol. The quantitative estimate of drug-likeness (QED) is 0.760.